The molecule has 4 nitrogen and oxygen atoms in total. The van der Waals surface area contributed by atoms with Crippen molar-refractivity contribution in [3.8, 4) is 11.8 Å². The van der Waals surface area contributed by atoms with Gasteiger partial charge < -0.3 is 9.84 Å². The molecule has 0 aromatic heterocycles. The summed E-state index contributed by atoms with van der Waals surface area (Å²) >= 11 is 0. The summed E-state index contributed by atoms with van der Waals surface area (Å²) in [7, 11) is 0. The number of fused-ring (bicyclic) bond motifs is 3. The first kappa shape index (κ1) is 9.22. The topological polar surface area (TPSA) is 70.3 Å². The van der Waals surface area contributed by atoms with Crippen molar-refractivity contribution in [2.45, 2.75) is 5.92 Å². The standard InChI is InChI=1S/C12H9NO3/c13-4-6-1-2-7-9(3-6)16-5-8-10(7)11(8)12(14)15/h1-3,8,10-11H,5H2,(H,14,15)/t8-,10+,11?/m1/s1. The zero-order valence-electron chi connectivity index (χ0n) is 8.38. The van der Waals surface area contributed by atoms with Gasteiger partial charge in [0.25, 0.3) is 0 Å². The molecule has 0 bridgehead atoms. The molecule has 1 saturated carbocycles. The minimum Gasteiger partial charge on any atom is -0.493 e. The predicted molar refractivity (Wildman–Crippen MR) is 54.0 cm³/mol. The zero-order valence-corrected chi connectivity index (χ0v) is 8.38. The summed E-state index contributed by atoms with van der Waals surface area (Å²) in [6, 6.07) is 7.25. The van der Waals surface area contributed by atoms with Gasteiger partial charge in [-0.05, 0) is 17.7 Å². The lowest BCUT2D eigenvalue weighted by molar-refractivity contribution is -0.139. The number of hydrogen-bond acceptors (Lipinski definition) is 3. The van der Waals surface area contributed by atoms with Gasteiger partial charge >= 0.3 is 5.97 Å². The van der Waals surface area contributed by atoms with E-state index in [1.165, 1.54) is 0 Å². The molecule has 1 aliphatic carbocycles. The Morgan fingerprint density at radius 1 is 1.56 bits per heavy atom. The normalized spacial score (nSPS) is 29.3. The maximum atomic E-state index is 11.0. The third-order valence-electron chi connectivity index (χ3n) is 3.39. The van der Waals surface area contributed by atoms with Crippen LogP contribution in [0.3, 0.4) is 0 Å². The number of carboxylic acids is 1. The first-order chi connectivity index (χ1) is 7.72. The molecule has 3 rings (SSSR count). The van der Waals surface area contributed by atoms with Crippen LogP contribution in [0.15, 0.2) is 18.2 Å². The molecule has 1 aromatic rings. The molecule has 1 aromatic carbocycles. The summed E-state index contributed by atoms with van der Waals surface area (Å²) in [5.41, 5.74) is 1.48. The lowest BCUT2D eigenvalue weighted by Crippen LogP contribution is -2.09. The largest absolute Gasteiger partial charge is 0.493 e. The Morgan fingerprint density at radius 3 is 3.06 bits per heavy atom. The molecular formula is C12H9NO3. The molecule has 16 heavy (non-hydrogen) atoms. The first-order valence-corrected chi connectivity index (χ1v) is 5.12. The van der Waals surface area contributed by atoms with E-state index in [4.69, 9.17) is 15.1 Å². The molecular weight excluding hydrogens is 206 g/mol. The van der Waals surface area contributed by atoms with Gasteiger partial charge in [0.05, 0.1) is 24.2 Å². The first-order valence-electron chi connectivity index (χ1n) is 5.12. The van der Waals surface area contributed by atoms with Gasteiger partial charge in [0.15, 0.2) is 0 Å². The maximum Gasteiger partial charge on any atom is 0.307 e. The molecule has 4 heteroatoms. The molecule has 0 radical (unpaired) electrons. The van der Waals surface area contributed by atoms with Crippen LogP contribution in [0.25, 0.3) is 0 Å². The third-order valence-corrected chi connectivity index (χ3v) is 3.39. The number of hydrogen-bond donors (Lipinski definition) is 1. The van der Waals surface area contributed by atoms with Crippen molar-refractivity contribution < 1.29 is 14.6 Å². The molecule has 3 atom stereocenters. The van der Waals surface area contributed by atoms with Gasteiger partial charge in [-0.2, -0.15) is 5.26 Å². The van der Waals surface area contributed by atoms with Crippen molar-refractivity contribution in [3.05, 3.63) is 29.3 Å². The van der Waals surface area contributed by atoms with Crippen LogP contribution in [-0.4, -0.2) is 17.7 Å². The zero-order chi connectivity index (χ0) is 11.3. The van der Waals surface area contributed by atoms with E-state index < -0.39 is 5.97 Å². The van der Waals surface area contributed by atoms with Crippen LogP contribution >= 0.6 is 0 Å². The minimum absolute atomic E-state index is 0.0778. The SMILES string of the molecule is N#Cc1ccc2c(c1)OC[C@H]1C(C(=O)O)[C@@H]21. The Bertz CT molecular complexity index is 517. The van der Waals surface area contributed by atoms with Gasteiger partial charge in [-0.25, -0.2) is 0 Å². The van der Waals surface area contributed by atoms with Gasteiger partial charge in [0, 0.05) is 11.8 Å². The summed E-state index contributed by atoms with van der Waals surface area (Å²) in [6.45, 7) is 0.448. The molecule has 0 saturated heterocycles. The maximum absolute atomic E-state index is 11.0. The highest BCUT2D eigenvalue weighted by atomic mass is 16.5. The van der Waals surface area contributed by atoms with Crippen LogP contribution < -0.4 is 4.74 Å². The molecule has 1 unspecified atom stereocenters. The lowest BCUT2D eigenvalue weighted by Gasteiger charge is -2.15. The summed E-state index contributed by atoms with van der Waals surface area (Å²) in [4.78, 5) is 11.0. The van der Waals surface area contributed by atoms with E-state index in [1.54, 1.807) is 12.1 Å². The monoisotopic (exact) mass is 215 g/mol. The highest BCUT2D eigenvalue weighted by Crippen LogP contribution is 2.59. The molecule has 1 aliphatic heterocycles. The Morgan fingerprint density at radius 2 is 2.38 bits per heavy atom. The number of nitrogens with zero attached hydrogens (tertiary/aromatic N) is 1. The van der Waals surface area contributed by atoms with Crippen molar-refractivity contribution in [2.24, 2.45) is 11.8 Å². The highest BCUT2D eigenvalue weighted by molar-refractivity contribution is 5.77. The smallest absolute Gasteiger partial charge is 0.307 e. The predicted octanol–water partition coefficient (Wildman–Crippen LogP) is 1.36. The Hall–Kier alpha value is -2.02. The average molecular weight is 215 g/mol. The van der Waals surface area contributed by atoms with Crippen molar-refractivity contribution in [2.75, 3.05) is 6.61 Å². The summed E-state index contributed by atoms with van der Waals surface area (Å²) in [5, 5.41) is 17.8. The Labute approximate surface area is 92.1 Å². The molecule has 1 fully saturated rings. The molecule has 0 amide bonds. The molecule has 0 spiro atoms. The van der Waals surface area contributed by atoms with Gasteiger partial charge in [-0.15, -0.1) is 0 Å². The van der Waals surface area contributed by atoms with Crippen molar-refractivity contribution in [1.82, 2.24) is 0 Å². The van der Waals surface area contributed by atoms with Crippen LogP contribution in [0.1, 0.15) is 17.0 Å². The summed E-state index contributed by atoms with van der Waals surface area (Å²) < 4.78 is 5.49. The summed E-state index contributed by atoms with van der Waals surface area (Å²) in [6.07, 6.45) is 0. The Balaban J connectivity index is 2.00. The molecule has 1 N–H and O–H groups in total. The number of carboxylic acid groups (broad SMARTS) is 1. The van der Waals surface area contributed by atoms with Gasteiger partial charge in [0.1, 0.15) is 5.75 Å². The quantitative estimate of drug-likeness (QED) is 0.767. The van der Waals surface area contributed by atoms with Crippen molar-refractivity contribution in [1.29, 1.82) is 5.26 Å². The number of aliphatic carboxylic acids is 1. The van der Waals surface area contributed by atoms with Gasteiger partial charge in [0.2, 0.25) is 0 Å². The van der Waals surface area contributed by atoms with E-state index in [9.17, 15) is 4.79 Å². The van der Waals surface area contributed by atoms with Crippen LogP contribution in [0, 0.1) is 23.2 Å². The van der Waals surface area contributed by atoms with Crippen LogP contribution in [0.5, 0.6) is 5.75 Å². The number of rotatable bonds is 1. The molecule has 80 valence electrons. The van der Waals surface area contributed by atoms with Crippen LogP contribution in [0.4, 0.5) is 0 Å². The van der Waals surface area contributed by atoms with Crippen LogP contribution in [0.2, 0.25) is 0 Å². The van der Waals surface area contributed by atoms with E-state index in [-0.39, 0.29) is 17.8 Å². The minimum atomic E-state index is -0.754. The number of ether oxygens (including phenoxy) is 1. The van der Waals surface area contributed by atoms with Crippen molar-refractivity contribution >= 4 is 5.97 Å². The van der Waals surface area contributed by atoms with Crippen LogP contribution in [-0.2, 0) is 4.79 Å². The molecule has 2 aliphatic rings. The second-order valence-electron chi connectivity index (χ2n) is 4.23. The highest BCUT2D eigenvalue weighted by Gasteiger charge is 2.58. The molecule has 1 heterocycles. The third kappa shape index (κ3) is 1.12. The fourth-order valence-electron chi connectivity index (χ4n) is 2.53. The van der Waals surface area contributed by atoms with Gasteiger partial charge in [-0.3, -0.25) is 4.79 Å². The summed E-state index contributed by atoms with van der Waals surface area (Å²) in [5.74, 6) is -0.207. The van der Waals surface area contributed by atoms with E-state index >= 15 is 0 Å². The lowest BCUT2D eigenvalue weighted by atomic mass is 10.0. The second kappa shape index (κ2) is 2.99. The number of benzene rings is 1. The van der Waals surface area contributed by atoms with E-state index in [1.807, 2.05) is 12.1 Å². The number of carbonyl (C=O) groups is 1. The fraction of sp³-hybridized carbons (Fsp3) is 0.333. The van der Waals surface area contributed by atoms with E-state index in [0.29, 0.717) is 17.9 Å². The number of nitriles is 1. The van der Waals surface area contributed by atoms with E-state index in [0.717, 1.165) is 5.56 Å². The van der Waals surface area contributed by atoms with Crippen molar-refractivity contribution in [3.63, 3.8) is 0 Å². The second-order valence-corrected chi connectivity index (χ2v) is 4.23. The Kier molecular flexibility index (Phi) is 1.72. The van der Waals surface area contributed by atoms with E-state index in [2.05, 4.69) is 0 Å². The average Bonchev–Trinajstić information content (AvgIpc) is 3.02. The van der Waals surface area contributed by atoms with Gasteiger partial charge in [-0.1, -0.05) is 6.07 Å². The fourth-order valence-corrected chi connectivity index (χ4v) is 2.53.